The van der Waals surface area contributed by atoms with Crippen molar-refractivity contribution in [3.8, 4) is 5.75 Å². The number of hydrogen-bond acceptors (Lipinski definition) is 4. The van der Waals surface area contributed by atoms with Crippen LogP contribution in [0.4, 0.5) is 0 Å². The smallest absolute Gasteiger partial charge is 0.307 e. The Hall–Kier alpha value is -2.53. The number of rotatable bonds is 7. The highest BCUT2D eigenvalue weighted by molar-refractivity contribution is 6.31. The topological polar surface area (TPSA) is 55.8 Å². The number of carbonyl (C=O) groups excluding carboxylic acids is 2. The van der Waals surface area contributed by atoms with Crippen molar-refractivity contribution < 1.29 is 19.1 Å². The van der Waals surface area contributed by atoms with Crippen LogP contribution >= 0.6 is 11.6 Å². The van der Waals surface area contributed by atoms with E-state index in [1.165, 1.54) is 7.11 Å². The van der Waals surface area contributed by atoms with Gasteiger partial charge in [0.05, 0.1) is 20.6 Å². The van der Waals surface area contributed by atoms with Crippen molar-refractivity contribution in [1.29, 1.82) is 0 Å². The Morgan fingerprint density at radius 3 is 2.32 bits per heavy atom. The molecule has 2 aromatic rings. The van der Waals surface area contributed by atoms with Gasteiger partial charge in [0.1, 0.15) is 5.75 Å². The number of amides is 1. The summed E-state index contributed by atoms with van der Waals surface area (Å²) in [7, 11) is 2.89. The number of methoxy groups -OCH3 is 2. The van der Waals surface area contributed by atoms with Crippen LogP contribution in [0.5, 0.6) is 5.75 Å². The molecule has 0 aliphatic heterocycles. The molecule has 0 unspecified atom stereocenters. The Kier molecular flexibility index (Phi) is 6.83. The number of esters is 1. The molecule has 1 amide bonds. The number of carbonyl (C=O) groups is 2. The molecule has 0 heterocycles. The van der Waals surface area contributed by atoms with E-state index in [4.69, 9.17) is 16.3 Å². The van der Waals surface area contributed by atoms with Crippen LogP contribution in [0, 0.1) is 0 Å². The standard InChI is InChI=1S/C19H20ClNO4/c1-24-16-9-7-14(8-10-16)19(23)21(12-11-18(22)25-2)13-15-5-3-4-6-17(15)20/h3-10H,11-13H2,1-2H3. The van der Waals surface area contributed by atoms with Gasteiger partial charge in [0.15, 0.2) is 0 Å². The lowest BCUT2D eigenvalue weighted by atomic mass is 10.1. The molecule has 0 aliphatic carbocycles. The van der Waals surface area contributed by atoms with E-state index < -0.39 is 0 Å². The molecule has 0 aromatic heterocycles. The van der Waals surface area contributed by atoms with Crippen molar-refractivity contribution in [1.82, 2.24) is 4.90 Å². The predicted molar refractivity (Wildman–Crippen MR) is 95.8 cm³/mol. The molecule has 132 valence electrons. The van der Waals surface area contributed by atoms with Gasteiger partial charge in [-0.25, -0.2) is 0 Å². The first-order chi connectivity index (χ1) is 12.0. The second-order valence-electron chi connectivity index (χ2n) is 5.37. The van der Waals surface area contributed by atoms with Crippen molar-refractivity contribution in [2.24, 2.45) is 0 Å². The Balaban J connectivity index is 2.21. The molecular formula is C19H20ClNO4. The SMILES string of the molecule is COC(=O)CCN(Cc1ccccc1Cl)C(=O)c1ccc(OC)cc1. The molecule has 0 saturated heterocycles. The monoisotopic (exact) mass is 361 g/mol. The van der Waals surface area contributed by atoms with Crippen LogP contribution < -0.4 is 4.74 Å². The van der Waals surface area contributed by atoms with E-state index >= 15 is 0 Å². The third-order valence-corrected chi connectivity index (χ3v) is 4.13. The average Bonchev–Trinajstić information content (AvgIpc) is 2.65. The highest BCUT2D eigenvalue weighted by Gasteiger charge is 2.18. The number of halogens is 1. The Morgan fingerprint density at radius 2 is 1.72 bits per heavy atom. The van der Waals surface area contributed by atoms with E-state index in [1.54, 1.807) is 42.3 Å². The lowest BCUT2D eigenvalue weighted by molar-refractivity contribution is -0.140. The first-order valence-electron chi connectivity index (χ1n) is 7.78. The van der Waals surface area contributed by atoms with Crippen molar-refractivity contribution >= 4 is 23.5 Å². The summed E-state index contributed by atoms with van der Waals surface area (Å²) in [5.41, 5.74) is 1.33. The maximum Gasteiger partial charge on any atom is 0.307 e. The van der Waals surface area contributed by atoms with Crippen molar-refractivity contribution in [3.05, 3.63) is 64.7 Å². The van der Waals surface area contributed by atoms with Crippen molar-refractivity contribution in [3.63, 3.8) is 0 Å². The van der Waals surface area contributed by atoms with Crippen LogP contribution in [0.25, 0.3) is 0 Å². The summed E-state index contributed by atoms with van der Waals surface area (Å²) in [5.74, 6) is 0.113. The predicted octanol–water partition coefficient (Wildman–Crippen LogP) is 3.55. The molecule has 0 atom stereocenters. The summed E-state index contributed by atoms with van der Waals surface area (Å²) in [4.78, 5) is 25.9. The van der Waals surface area contributed by atoms with E-state index in [0.29, 0.717) is 22.9 Å². The highest BCUT2D eigenvalue weighted by Crippen LogP contribution is 2.19. The number of ether oxygens (including phenoxy) is 2. The maximum absolute atomic E-state index is 12.9. The minimum atomic E-state index is -0.369. The number of benzene rings is 2. The molecule has 0 aliphatic rings. The normalized spacial score (nSPS) is 10.2. The molecule has 2 aromatic carbocycles. The van der Waals surface area contributed by atoms with E-state index in [9.17, 15) is 9.59 Å². The summed E-state index contributed by atoms with van der Waals surface area (Å²) < 4.78 is 9.78. The molecule has 2 rings (SSSR count). The van der Waals surface area contributed by atoms with Crippen molar-refractivity contribution in [2.75, 3.05) is 20.8 Å². The molecule has 6 heteroatoms. The van der Waals surface area contributed by atoms with E-state index in [1.807, 2.05) is 18.2 Å². The lowest BCUT2D eigenvalue weighted by Gasteiger charge is -2.23. The largest absolute Gasteiger partial charge is 0.497 e. The first kappa shape index (κ1) is 18.8. The lowest BCUT2D eigenvalue weighted by Crippen LogP contribution is -2.32. The minimum absolute atomic E-state index is 0.114. The average molecular weight is 362 g/mol. The van der Waals surface area contributed by atoms with Gasteiger partial charge in [-0.2, -0.15) is 0 Å². The van der Waals surface area contributed by atoms with Gasteiger partial charge in [0.2, 0.25) is 0 Å². The second kappa shape index (κ2) is 9.08. The summed E-state index contributed by atoms with van der Waals surface area (Å²) >= 11 is 6.20. The van der Waals surface area contributed by atoms with Crippen LogP contribution in [-0.4, -0.2) is 37.5 Å². The number of nitrogens with zero attached hydrogens (tertiary/aromatic N) is 1. The molecule has 0 fully saturated rings. The minimum Gasteiger partial charge on any atom is -0.497 e. The maximum atomic E-state index is 12.9. The van der Waals surface area contributed by atoms with Gasteiger partial charge in [0, 0.05) is 23.7 Å². The molecule has 5 nitrogen and oxygen atoms in total. The van der Waals surface area contributed by atoms with Gasteiger partial charge in [-0.3, -0.25) is 9.59 Å². The summed E-state index contributed by atoms with van der Waals surface area (Å²) in [6.07, 6.45) is 0.114. The van der Waals surface area contributed by atoms with Crippen LogP contribution in [0.15, 0.2) is 48.5 Å². The van der Waals surface area contributed by atoms with Gasteiger partial charge in [0.25, 0.3) is 5.91 Å². The zero-order valence-electron chi connectivity index (χ0n) is 14.2. The van der Waals surface area contributed by atoms with Gasteiger partial charge >= 0.3 is 5.97 Å². The van der Waals surface area contributed by atoms with Gasteiger partial charge < -0.3 is 14.4 Å². The third-order valence-electron chi connectivity index (χ3n) is 3.76. The van der Waals surface area contributed by atoms with Crippen LogP contribution in [0.3, 0.4) is 0 Å². The van der Waals surface area contributed by atoms with Crippen LogP contribution in [-0.2, 0) is 16.1 Å². The fourth-order valence-electron chi connectivity index (χ4n) is 2.33. The zero-order chi connectivity index (χ0) is 18.2. The summed E-state index contributed by atoms with van der Waals surface area (Å²) in [6, 6.07) is 14.1. The fourth-order valence-corrected chi connectivity index (χ4v) is 2.52. The van der Waals surface area contributed by atoms with Gasteiger partial charge in [-0.15, -0.1) is 0 Å². The second-order valence-corrected chi connectivity index (χ2v) is 5.78. The van der Waals surface area contributed by atoms with E-state index in [2.05, 4.69) is 4.74 Å². The first-order valence-corrected chi connectivity index (χ1v) is 8.16. The molecule has 25 heavy (non-hydrogen) atoms. The third kappa shape index (κ3) is 5.22. The Bertz CT molecular complexity index is 730. The van der Waals surface area contributed by atoms with E-state index in [-0.39, 0.29) is 24.8 Å². The van der Waals surface area contributed by atoms with Crippen LogP contribution in [0.2, 0.25) is 5.02 Å². The van der Waals surface area contributed by atoms with Crippen molar-refractivity contribution in [2.45, 2.75) is 13.0 Å². The Morgan fingerprint density at radius 1 is 1.04 bits per heavy atom. The summed E-state index contributed by atoms with van der Waals surface area (Å²) in [5, 5.41) is 0.577. The molecular weight excluding hydrogens is 342 g/mol. The molecule has 0 spiro atoms. The molecule has 0 N–H and O–H groups in total. The quantitative estimate of drug-likeness (QED) is 0.708. The zero-order valence-corrected chi connectivity index (χ0v) is 15.0. The Labute approximate surface area is 152 Å². The molecule has 0 bridgehead atoms. The van der Waals surface area contributed by atoms with Gasteiger partial charge in [-0.05, 0) is 35.9 Å². The highest BCUT2D eigenvalue weighted by atomic mass is 35.5. The molecule has 0 saturated carbocycles. The number of hydrogen-bond donors (Lipinski definition) is 0. The van der Waals surface area contributed by atoms with Gasteiger partial charge in [-0.1, -0.05) is 29.8 Å². The van der Waals surface area contributed by atoms with Crippen LogP contribution in [0.1, 0.15) is 22.3 Å². The summed E-state index contributed by atoms with van der Waals surface area (Å²) in [6.45, 7) is 0.546. The fraction of sp³-hybridized carbons (Fsp3) is 0.263. The van der Waals surface area contributed by atoms with E-state index in [0.717, 1.165) is 5.56 Å². The molecule has 0 radical (unpaired) electrons.